The van der Waals surface area contributed by atoms with E-state index in [2.05, 4.69) is 10.4 Å². The van der Waals surface area contributed by atoms with Crippen LogP contribution < -0.4 is 5.32 Å². The quantitative estimate of drug-likeness (QED) is 0.287. The normalized spacial score (nSPS) is 11.8. The predicted molar refractivity (Wildman–Crippen MR) is 143 cm³/mol. The van der Waals surface area contributed by atoms with Crippen LogP contribution in [0.25, 0.3) is 23.0 Å². The van der Waals surface area contributed by atoms with Crippen LogP contribution in [0.4, 0.5) is 5.69 Å². The van der Waals surface area contributed by atoms with E-state index in [1.54, 1.807) is 35.1 Å². The summed E-state index contributed by atoms with van der Waals surface area (Å²) in [6, 6.07) is 25.0. The maximum atomic E-state index is 12.9. The third kappa shape index (κ3) is 5.67. The fraction of sp³-hybridized carbons (Fsp3) is 0.107. The predicted octanol–water partition coefficient (Wildman–Crippen LogP) is 4.64. The Morgan fingerprint density at radius 3 is 2.38 bits per heavy atom. The van der Waals surface area contributed by atoms with Crippen LogP contribution >= 0.6 is 0 Å². The Hall–Kier alpha value is -4.52. The van der Waals surface area contributed by atoms with Crippen LogP contribution in [0.1, 0.15) is 11.1 Å². The molecule has 0 saturated carbocycles. The number of sulfonamides is 1. The molecule has 0 aliphatic heterocycles. The van der Waals surface area contributed by atoms with Gasteiger partial charge in [0.1, 0.15) is 17.3 Å². The molecule has 37 heavy (non-hydrogen) atoms. The van der Waals surface area contributed by atoms with Crippen LogP contribution in [0, 0.1) is 18.3 Å². The lowest BCUT2D eigenvalue weighted by atomic mass is 10.1. The number of carbonyl (C=O) groups is 1. The van der Waals surface area contributed by atoms with Gasteiger partial charge >= 0.3 is 0 Å². The summed E-state index contributed by atoms with van der Waals surface area (Å²) < 4.78 is 28.2. The Bertz CT molecular complexity index is 1610. The van der Waals surface area contributed by atoms with E-state index in [0.29, 0.717) is 22.5 Å². The minimum Gasteiger partial charge on any atom is -0.321 e. The lowest BCUT2D eigenvalue weighted by Crippen LogP contribution is -2.22. The second kappa shape index (κ2) is 10.6. The van der Waals surface area contributed by atoms with Crippen molar-refractivity contribution < 1.29 is 13.2 Å². The number of carbonyl (C=O) groups excluding carboxylic acids is 1. The number of amides is 1. The molecule has 0 aliphatic rings. The molecule has 3 aromatic carbocycles. The molecule has 0 atom stereocenters. The van der Waals surface area contributed by atoms with Crippen molar-refractivity contribution in [1.29, 1.82) is 5.26 Å². The van der Waals surface area contributed by atoms with Gasteiger partial charge in [0.2, 0.25) is 10.0 Å². The van der Waals surface area contributed by atoms with Gasteiger partial charge in [-0.1, -0.05) is 48.0 Å². The summed E-state index contributed by atoms with van der Waals surface area (Å²) >= 11 is 0. The van der Waals surface area contributed by atoms with Gasteiger partial charge in [0.15, 0.2) is 0 Å². The minimum absolute atomic E-state index is 0.108. The first-order valence-electron chi connectivity index (χ1n) is 11.4. The van der Waals surface area contributed by atoms with E-state index >= 15 is 0 Å². The third-order valence-electron chi connectivity index (χ3n) is 5.62. The maximum Gasteiger partial charge on any atom is 0.266 e. The Labute approximate surface area is 216 Å². The number of para-hydroxylation sites is 1. The van der Waals surface area contributed by atoms with Crippen LogP contribution in [-0.2, 0) is 14.8 Å². The van der Waals surface area contributed by atoms with Gasteiger partial charge in [-0.3, -0.25) is 4.79 Å². The lowest BCUT2D eigenvalue weighted by Gasteiger charge is -2.12. The van der Waals surface area contributed by atoms with Crippen LogP contribution in [0.5, 0.6) is 0 Å². The zero-order valence-electron chi connectivity index (χ0n) is 20.6. The van der Waals surface area contributed by atoms with Crippen LogP contribution in [0.2, 0.25) is 0 Å². The highest BCUT2D eigenvalue weighted by Gasteiger charge is 2.20. The average molecular weight is 512 g/mol. The Kier molecular flexibility index (Phi) is 7.34. The van der Waals surface area contributed by atoms with Crippen molar-refractivity contribution in [3.05, 3.63) is 102 Å². The van der Waals surface area contributed by atoms with Crippen LogP contribution in [-0.4, -0.2) is 42.5 Å². The maximum absolute atomic E-state index is 12.9. The van der Waals surface area contributed by atoms with Gasteiger partial charge in [0.05, 0.1) is 10.6 Å². The molecule has 1 aromatic heterocycles. The van der Waals surface area contributed by atoms with Gasteiger partial charge in [-0.25, -0.2) is 17.4 Å². The topological polar surface area (TPSA) is 108 Å². The number of aromatic nitrogens is 2. The summed E-state index contributed by atoms with van der Waals surface area (Å²) in [6.45, 7) is 1.94. The van der Waals surface area contributed by atoms with Gasteiger partial charge in [0.25, 0.3) is 5.91 Å². The molecule has 0 bridgehead atoms. The first kappa shape index (κ1) is 25.6. The summed E-state index contributed by atoms with van der Waals surface area (Å²) in [5.74, 6) is -0.561. The van der Waals surface area contributed by atoms with E-state index < -0.39 is 15.9 Å². The molecule has 4 rings (SSSR count). The lowest BCUT2D eigenvalue weighted by molar-refractivity contribution is -0.112. The number of nitrogens with one attached hydrogen (secondary N) is 1. The molecule has 0 unspecified atom stereocenters. The standard InChI is InChI=1S/C28H25N5O3S/c1-20-12-14-24(15-13-20)30-28(34)22(18-29)16-23-19-33(25-9-5-4-6-10-25)31-27(23)21-8-7-11-26(17-21)37(35,36)32(2)3/h4-17,19H,1-3H3,(H,30,34). The average Bonchev–Trinajstić information content (AvgIpc) is 3.33. The number of nitriles is 1. The van der Waals surface area contributed by atoms with Gasteiger partial charge in [0, 0.05) is 37.1 Å². The molecule has 1 N–H and O–H groups in total. The number of anilines is 1. The molecule has 1 amide bonds. The zero-order chi connectivity index (χ0) is 26.6. The van der Waals surface area contributed by atoms with E-state index in [1.807, 2.05) is 55.5 Å². The minimum atomic E-state index is -3.68. The van der Waals surface area contributed by atoms with Gasteiger partial charge in [-0.2, -0.15) is 10.4 Å². The van der Waals surface area contributed by atoms with E-state index in [-0.39, 0.29) is 10.5 Å². The van der Waals surface area contributed by atoms with Crippen molar-refractivity contribution in [1.82, 2.24) is 14.1 Å². The molecule has 8 nitrogen and oxygen atoms in total. The molecule has 0 aliphatic carbocycles. The molecule has 0 saturated heterocycles. The molecule has 4 aromatic rings. The molecular formula is C28H25N5O3S. The molecule has 0 fully saturated rings. The molecule has 1 heterocycles. The summed E-state index contributed by atoms with van der Waals surface area (Å²) in [4.78, 5) is 13.0. The van der Waals surface area contributed by atoms with Crippen molar-refractivity contribution in [2.24, 2.45) is 0 Å². The van der Waals surface area contributed by atoms with Crippen molar-refractivity contribution in [2.45, 2.75) is 11.8 Å². The molecular weight excluding hydrogens is 486 g/mol. The number of rotatable bonds is 7. The Morgan fingerprint density at radius 2 is 1.73 bits per heavy atom. The highest BCUT2D eigenvalue weighted by molar-refractivity contribution is 7.89. The van der Waals surface area contributed by atoms with E-state index in [9.17, 15) is 18.5 Å². The van der Waals surface area contributed by atoms with Gasteiger partial charge < -0.3 is 5.32 Å². The molecule has 0 radical (unpaired) electrons. The van der Waals surface area contributed by atoms with Crippen LogP contribution in [0.3, 0.4) is 0 Å². The van der Waals surface area contributed by atoms with E-state index in [4.69, 9.17) is 0 Å². The smallest absolute Gasteiger partial charge is 0.266 e. The summed E-state index contributed by atoms with van der Waals surface area (Å²) in [5.41, 5.74) is 3.70. The van der Waals surface area contributed by atoms with Crippen molar-refractivity contribution in [2.75, 3.05) is 19.4 Å². The fourth-order valence-corrected chi connectivity index (χ4v) is 4.53. The van der Waals surface area contributed by atoms with Gasteiger partial charge in [-0.15, -0.1) is 0 Å². The summed E-state index contributed by atoms with van der Waals surface area (Å²) in [6.07, 6.45) is 3.16. The van der Waals surface area contributed by atoms with E-state index in [1.165, 1.54) is 32.3 Å². The van der Waals surface area contributed by atoms with Gasteiger partial charge in [-0.05, 0) is 49.4 Å². The highest BCUT2D eigenvalue weighted by Crippen LogP contribution is 2.28. The summed E-state index contributed by atoms with van der Waals surface area (Å²) in [7, 11) is -0.749. The SMILES string of the molecule is Cc1ccc(NC(=O)C(C#N)=Cc2cn(-c3ccccc3)nc2-c2cccc(S(=O)(=O)N(C)C)c2)cc1. The highest BCUT2D eigenvalue weighted by atomic mass is 32.2. The molecule has 9 heteroatoms. The number of aryl methyl sites for hydroxylation is 1. The second-order valence-electron chi connectivity index (χ2n) is 8.52. The monoisotopic (exact) mass is 511 g/mol. The van der Waals surface area contributed by atoms with Crippen molar-refractivity contribution in [3.63, 3.8) is 0 Å². The summed E-state index contributed by atoms with van der Waals surface area (Å²) in [5, 5.41) is 17.2. The molecule has 0 spiro atoms. The zero-order valence-corrected chi connectivity index (χ0v) is 21.4. The molecule has 186 valence electrons. The number of benzene rings is 3. The van der Waals surface area contributed by atoms with Crippen LogP contribution in [0.15, 0.2) is 95.5 Å². The first-order chi connectivity index (χ1) is 17.7. The Balaban J connectivity index is 1.81. The number of nitrogens with zero attached hydrogens (tertiary/aromatic N) is 4. The largest absolute Gasteiger partial charge is 0.321 e. The van der Waals surface area contributed by atoms with Crippen molar-refractivity contribution in [3.8, 4) is 23.0 Å². The first-order valence-corrected chi connectivity index (χ1v) is 12.8. The second-order valence-corrected chi connectivity index (χ2v) is 10.7. The fourth-order valence-electron chi connectivity index (χ4n) is 3.58. The third-order valence-corrected chi connectivity index (χ3v) is 7.43. The van der Waals surface area contributed by atoms with Crippen molar-refractivity contribution >= 4 is 27.7 Å². The number of hydrogen-bond acceptors (Lipinski definition) is 5. The van der Waals surface area contributed by atoms with E-state index in [0.717, 1.165) is 15.6 Å². The Morgan fingerprint density at radius 1 is 1.03 bits per heavy atom. The number of hydrogen-bond donors (Lipinski definition) is 1.